The average Bonchev–Trinajstić information content (AvgIpc) is 2.92. The van der Waals surface area contributed by atoms with Crippen molar-refractivity contribution in [2.45, 2.75) is 32.4 Å². The van der Waals surface area contributed by atoms with E-state index < -0.39 is 18.1 Å². The third kappa shape index (κ3) is 4.70. The van der Waals surface area contributed by atoms with Crippen molar-refractivity contribution in [2.75, 3.05) is 11.5 Å². The highest BCUT2D eigenvalue weighted by atomic mass is 127. The molecule has 4 rings (SSSR count). The highest BCUT2D eigenvalue weighted by Gasteiger charge is 2.43. The number of rotatable bonds is 6. The van der Waals surface area contributed by atoms with Crippen LogP contribution in [0.2, 0.25) is 0 Å². The van der Waals surface area contributed by atoms with Gasteiger partial charge in [0.2, 0.25) is 0 Å². The number of carbonyl (C=O) groups is 3. The summed E-state index contributed by atoms with van der Waals surface area (Å²) >= 11 is 2.16. The van der Waals surface area contributed by atoms with Gasteiger partial charge in [-0.25, -0.2) is 0 Å². The molecule has 2 atom stereocenters. The zero-order chi connectivity index (χ0) is 24.2. The number of halogens is 1. The second-order valence-electron chi connectivity index (χ2n) is 8.05. The van der Waals surface area contributed by atoms with Crippen molar-refractivity contribution in [2.24, 2.45) is 0 Å². The molecule has 7 heteroatoms. The SMILES string of the molecule is CCOC(=O)CC(C)N1C(=O)c2cc(I)ccc2N(c2ccccc2)C(=O)C1c1ccccc1. The molecule has 174 valence electrons. The maximum atomic E-state index is 14.3. The summed E-state index contributed by atoms with van der Waals surface area (Å²) in [6.07, 6.45) is -0.0131. The Balaban J connectivity index is 1.93. The molecule has 0 bridgehead atoms. The van der Waals surface area contributed by atoms with Crippen LogP contribution in [-0.4, -0.2) is 35.3 Å². The van der Waals surface area contributed by atoms with E-state index in [0.717, 1.165) is 3.57 Å². The van der Waals surface area contributed by atoms with Gasteiger partial charge in [0.25, 0.3) is 11.8 Å². The molecule has 34 heavy (non-hydrogen) atoms. The molecule has 0 radical (unpaired) electrons. The van der Waals surface area contributed by atoms with E-state index >= 15 is 0 Å². The topological polar surface area (TPSA) is 66.9 Å². The summed E-state index contributed by atoms with van der Waals surface area (Å²) in [5, 5.41) is 0. The number of para-hydroxylation sites is 1. The largest absolute Gasteiger partial charge is 0.466 e. The number of hydrogen-bond acceptors (Lipinski definition) is 4. The molecule has 0 saturated heterocycles. The normalized spacial score (nSPS) is 16.6. The highest BCUT2D eigenvalue weighted by Crippen LogP contribution is 2.40. The summed E-state index contributed by atoms with van der Waals surface area (Å²) in [4.78, 5) is 43.8. The van der Waals surface area contributed by atoms with E-state index in [0.29, 0.717) is 22.5 Å². The highest BCUT2D eigenvalue weighted by molar-refractivity contribution is 14.1. The van der Waals surface area contributed by atoms with Crippen LogP contribution in [0.15, 0.2) is 78.9 Å². The van der Waals surface area contributed by atoms with Gasteiger partial charge in [-0.15, -0.1) is 0 Å². The Morgan fingerprint density at radius 1 is 1.00 bits per heavy atom. The fourth-order valence-electron chi connectivity index (χ4n) is 4.29. The molecule has 0 aromatic heterocycles. The van der Waals surface area contributed by atoms with Crippen LogP contribution in [0.1, 0.15) is 42.2 Å². The van der Waals surface area contributed by atoms with E-state index in [-0.39, 0.29) is 24.8 Å². The van der Waals surface area contributed by atoms with Gasteiger partial charge in [0.05, 0.1) is 24.3 Å². The summed E-state index contributed by atoms with van der Waals surface area (Å²) < 4.78 is 6.02. The van der Waals surface area contributed by atoms with Crippen LogP contribution in [-0.2, 0) is 14.3 Å². The maximum absolute atomic E-state index is 14.3. The molecule has 1 aliphatic rings. The molecule has 0 spiro atoms. The Hall–Kier alpha value is -3.20. The fourth-order valence-corrected chi connectivity index (χ4v) is 4.78. The summed E-state index contributed by atoms with van der Waals surface area (Å²) in [6.45, 7) is 3.78. The van der Waals surface area contributed by atoms with E-state index in [1.165, 1.54) is 4.90 Å². The number of carbonyl (C=O) groups excluding carboxylic acids is 3. The minimum Gasteiger partial charge on any atom is -0.466 e. The lowest BCUT2D eigenvalue weighted by atomic mass is 10.0. The van der Waals surface area contributed by atoms with Crippen LogP contribution in [0.4, 0.5) is 11.4 Å². The predicted octanol–water partition coefficient (Wildman–Crippen LogP) is 5.49. The number of nitrogens with zero attached hydrogens (tertiary/aromatic N) is 2. The van der Waals surface area contributed by atoms with Gasteiger partial charge < -0.3 is 9.64 Å². The number of anilines is 2. The minimum absolute atomic E-state index is 0.0131. The Bertz CT molecular complexity index is 1200. The van der Waals surface area contributed by atoms with Gasteiger partial charge in [-0.05, 0) is 72.3 Å². The molecule has 0 fully saturated rings. The van der Waals surface area contributed by atoms with Gasteiger partial charge >= 0.3 is 5.97 Å². The van der Waals surface area contributed by atoms with Crippen molar-refractivity contribution in [3.8, 4) is 0 Å². The van der Waals surface area contributed by atoms with Crippen LogP contribution in [0.5, 0.6) is 0 Å². The lowest BCUT2D eigenvalue weighted by Gasteiger charge is -2.35. The smallest absolute Gasteiger partial charge is 0.307 e. The summed E-state index contributed by atoms with van der Waals surface area (Å²) in [5.74, 6) is -0.971. The van der Waals surface area contributed by atoms with Crippen LogP contribution < -0.4 is 4.90 Å². The summed E-state index contributed by atoms with van der Waals surface area (Å²) in [6, 6.07) is 22.5. The fraction of sp³-hybridized carbons (Fsp3) is 0.222. The molecule has 3 aromatic carbocycles. The van der Waals surface area contributed by atoms with E-state index in [9.17, 15) is 14.4 Å². The van der Waals surface area contributed by atoms with Crippen molar-refractivity contribution in [3.05, 3.63) is 93.6 Å². The molecule has 1 aliphatic heterocycles. The Kier molecular flexibility index (Phi) is 7.31. The molecule has 2 unspecified atom stereocenters. The van der Waals surface area contributed by atoms with Crippen LogP contribution >= 0.6 is 22.6 Å². The average molecular weight is 568 g/mol. The van der Waals surface area contributed by atoms with Gasteiger partial charge in [0.15, 0.2) is 0 Å². The van der Waals surface area contributed by atoms with Gasteiger partial charge in [-0.1, -0.05) is 48.5 Å². The van der Waals surface area contributed by atoms with Gasteiger partial charge in [-0.2, -0.15) is 0 Å². The maximum Gasteiger partial charge on any atom is 0.307 e. The number of fused-ring (bicyclic) bond motifs is 1. The van der Waals surface area contributed by atoms with Crippen LogP contribution in [0.3, 0.4) is 0 Å². The van der Waals surface area contributed by atoms with Crippen molar-refractivity contribution in [1.82, 2.24) is 4.90 Å². The van der Waals surface area contributed by atoms with E-state index in [1.54, 1.807) is 24.8 Å². The van der Waals surface area contributed by atoms with Crippen molar-refractivity contribution >= 4 is 51.7 Å². The Morgan fingerprint density at radius 3 is 2.29 bits per heavy atom. The number of ether oxygens (including phenoxy) is 1. The zero-order valence-electron chi connectivity index (χ0n) is 19.0. The number of benzene rings is 3. The molecule has 0 saturated carbocycles. The lowest BCUT2D eigenvalue weighted by molar-refractivity contribution is -0.144. The molecule has 0 aliphatic carbocycles. The first-order valence-electron chi connectivity index (χ1n) is 11.1. The second kappa shape index (κ2) is 10.4. The van der Waals surface area contributed by atoms with Crippen molar-refractivity contribution in [3.63, 3.8) is 0 Å². The van der Waals surface area contributed by atoms with Gasteiger partial charge in [-0.3, -0.25) is 19.3 Å². The van der Waals surface area contributed by atoms with E-state index in [1.807, 2.05) is 72.8 Å². The second-order valence-corrected chi connectivity index (χ2v) is 9.30. The number of esters is 1. The monoisotopic (exact) mass is 568 g/mol. The minimum atomic E-state index is -0.914. The molecular weight excluding hydrogens is 543 g/mol. The van der Waals surface area contributed by atoms with Gasteiger partial charge in [0.1, 0.15) is 6.04 Å². The molecule has 2 amide bonds. The lowest BCUT2D eigenvalue weighted by Crippen LogP contribution is -2.46. The first-order valence-corrected chi connectivity index (χ1v) is 12.2. The number of hydrogen-bond donors (Lipinski definition) is 0. The molecule has 6 nitrogen and oxygen atoms in total. The molecular formula is C27H25IN2O4. The first kappa shape index (κ1) is 23.9. The van der Waals surface area contributed by atoms with Gasteiger partial charge in [0, 0.05) is 15.3 Å². The van der Waals surface area contributed by atoms with Crippen LogP contribution in [0.25, 0.3) is 0 Å². The zero-order valence-corrected chi connectivity index (χ0v) is 21.1. The third-order valence-electron chi connectivity index (χ3n) is 5.77. The van der Waals surface area contributed by atoms with Crippen LogP contribution in [0, 0.1) is 3.57 Å². The molecule has 1 heterocycles. The standard InChI is InChI=1S/C27H25IN2O4/c1-3-34-24(31)16-18(2)29-25(19-10-6-4-7-11-19)27(33)30(21-12-8-5-9-13-21)23-15-14-20(28)17-22(23)26(29)32/h4-15,17-18,25H,3,16H2,1-2H3. The Morgan fingerprint density at radius 2 is 1.65 bits per heavy atom. The van der Waals surface area contributed by atoms with E-state index in [4.69, 9.17) is 4.74 Å². The van der Waals surface area contributed by atoms with Crippen molar-refractivity contribution < 1.29 is 19.1 Å². The first-order chi connectivity index (χ1) is 16.4. The van der Waals surface area contributed by atoms with E-state index in [2.05, 4.69) is 22.6 Å². The number of amides is 2. The third-order valence-corrected chi connectivity index (χ3v) is 6.44. The quantitative estimate of drug-likeness (QED) is 0.291. The summed E-state index contributed by atoms with van der Waals surface area (Å²) in [7, 11) is 0. The molecule has 3 aromatic rings. The molecule has 0 N–H and O–H groups in total. The predicted molar refractivity (Wildman–Crippen MR) is 139 cm³/mol. The Labute approximate surface area is 212 Å². The summed E-state index contributed by atoms with van der Waals surface area (Å²) in [5.41, 5.74) is 2.29. The van der Waals surface area contributed by atoms with Crippen molar-refractivity contribution in [1.29, 1.82) is 0 Å².